The molecule has 4 amide bonds. The molecule has 0 bridgehead atoms. The first-order chi connectivity index (χ1) is 18.9. The second kappa shape index (κ2) is 12.0. The number of amides is 4. The van der Waals surface area contributed by atoms with E-state index in [9.17, 15) is 19.2 Å². The molecule has 2 aromatic rings. The fourth-order valence-electron chi connectivity index (χ4n) is 5.75. The van der Waals surface area contributed by atoms with Gasteiger partial charge in [-0.15, -0.1) is 0 Å². The average molecular weight is 531 g/mol. The third-order valence-corrected chi connectivity index (χ3v) is 8.25. The van der Waals surface area contributed by atoms with E-state index in [1.54, 1.807) is 29.2 Å². The molecule has 2 N–H and O–H groups in total. The van der Waals surface area contributed by atoms with Crippen molar-refractivity contribution in [1.82, 2.24) is 9.80 Å². The molecule has 206 valence electrons. The Labute approximate surface area is 230 Å². The monoisotopic (exact) mass is 530 g/mol. The highest BCUT2D eigenvalue weighted by molar-refractivity contribution is 5.98. The lowest BCUT2D eigenvalue weighted by Crippen LogP contribution is -2.43. The van der Waals surface area contributed by atoms with Gasteiger partial charge in [0.1, 0.15) is 0 Å². The van der Waals surface area contributed by atoms with Crippen LogP contribution in [0.15, 0.2) is 48.5 Å². The number of nitrogens with zero attached hydrogens (tertiary/aromatic N) is 2. The number of nitrogens with one attached hydrogen (secondary N) is 2. The Bertz CT molecular complexity index is 1230. The minimum Gasteiger partial charge on any atom is -0.342 e. The van der Waals surface area contributed by atoms with Gasteiger partial charge in [0, 0.05) is 55.0 Å². The van der Waals surface area contributed by atoms with Crippen LogP contribution in [0.3, 0.4) is 0 Å². The van der Waals surface area contributed by atoms with Gasteiger partial charge in [0.05, 0.1) is 6.42 Å². The fourth-order valence-corrected chi connectivity index (χ4v) is 5.75. The van der Waals surface area contributed by atoms with Crippen molar-refractivity contribution >= 4 is 35.0 Å². The number of rotatable bonds is 8. The van der Waals surface area contributed by atoms with Crippen molar-refractivity contribution in [1.29, 1.82) is 0 Å². The predicted molar refractivity (Wildman–Crippen MR) is 150 cm³/mol. The van der Waals surface area contributed by atoms with Crippen molar-refractivity contribution in [3.63, 3.8) is 0 Å². The van der Waals surface area contributed by atoms with Gasteiger partial charge in [-0.2, -0.15) is 0 Å². The van der Waals surface area contributed by atoms with Gasteiger partial charge in [0.2, 0.25) is 17.7 Å². The van der Waals surface area contributed by atoms with E-state index in [2.05, 4.69) is 10.6 Å². The largest absolute Gasteiger partial charge is 0.342 e. The van der Waals surface area contributed by atoms with Crippen LogP contribution in [0.1, 0.15) is 67.3 Å². The number of likely N-dealkylation sites (tertiary alicyclic amines) is 1. The molecule has 39 heavy (non-hydrogen) atoms. The topological polar surface area (TPSA) is 98.8 Å². The maximum atomic E-state index is 12.9. The highest BCUT2D eigenvalue weighted by atomic mass is 16.2. The van der Waals surface area contributed by atoms with E-state index >= 15 is 0 Å². The van der Waals surface area contributed by atoms with Gasteiger partial charge >= 0.3 is 0 Å². The van der Waals surface area contributed by atoms with Crippen LogP contribution >= 0.6 is 0 Å². The van der Waals surface area contributed by atoms with E-state index in [1.807, 2.05) is 36.2 Å². The van der Waals surface area contributed by atoms with Crippen LogP contribution < -0.4 is 10.6 Å². The second-order valence-corrected chi connectivity index (χ2v) is 11.2. The van der Waals surface area contributed by atoms with Crippen LogP contribution in [-0.2, 0) is 20.8 Å². The number of carbonyl (C=O) groups is 4. The molecule has 0 unspecified atom stereocenters. The molecule has 8 nitrogen and oxygen atoms in total. The fraction of sp³-hybridized carbons (Fsp3) is 0.484. The van der Waals surface area contributed by atoms with Crippen molar-refractivity contribution in [2.45, 2.75) is 63.8 Å². The molecule has 0 atom stereocenters. The van der Waals surface area contributed by atoms with Gasteiger partial charge < -0.3 is 20.4 Å². The lowest BCUT2D eigenvalue weighted by atomic mass is 9.94. The summed E-state index contributed by atoms with van der Waals surface area (Å²) in [5.41, 5.74) is 2.58. The Morgan fingerprint density at radius 1 is 0.821 bits per heavy atom. The lowest BCUT2D eigenvalue weighted by molar-refractivity contribution is -0.138. The first-order valence-electron chi connectivity index (χ1n) is 14.2. The quantitative estimate of drug-likeness (QED) is 0.526. The molecule has 1 heterocycles. The number of hydrogen-bond donors (Lipinski definition) is 2. The summed E-state index contributed by atoms with van der Waals surface area (Å²) in [6.07, 6.45) is 7.85. The molecule has 2 saturated carbocycles. The molecular formula is C31H38N4O4. The summed E-state index contributed by atoms with van der Waals surface area (Å²) in [5, 5.41) is 5.89. The van der Waals surface area contributed by atoms with Gasteiger partial charge in [0.25, 0.3) is 5.91 Å². The first-order valence-corrected chi connectivity index (χ1v) is 14.2. The highest BCUT2D eigenvalue weighted by Gasteiger charge is 2.32. The predicted octanol–water partition coefficient (Wildman–Crippen LogP) is 4.47. The molecule has 2 aromatic carbocycles. The third kappa shape index (κ3) is 6.85. The standard InChI is InChI=1S/C31H38N4O4/c1-34(27-12-13-27)30(38)24-9-5-11-26(20-24)32-28(36)19-21-6-4-10-25(18-21)33-29(37)22-14-16-35(17-15-22)31(39)23-7-2-3-8-23/h4-6,9-11,18,20,22-23,27H,2-3,7-8,12-17,19H2,1H3,(H,32,36)(H,33,37). The smallest absolute Gasteiger partial charge is 0.253 e. The average Bonchev–Trinajstić information content (AvgIpc) is 3.65. The Hall–Kier alpha value is -3.68. The Kier molecular flexibility index (Phi) is 8.29. The summed E-state index contributed by atoms with van der Waals surface area (Å²) in [4.78, 5) is 54.7. The van der Waals surface area contributed by atoms with Gasteiger partial charge in [-0.1, -0.05) is 31.0 Å². The molecule has 1 saturated heterocycles. The normalized spacial score (nSPS) is 18.0. The van der Waals surface area contributed by atoms with Crippen LogP contribution in [0.2, 0.25) is 0 Å². The molecule has 2 aliphatic carbocycles. The minimum atomic E-state index is -0.196. The number of benzene rings is 2. The second-order valence-electron chi connectivity index (χ2n) is 11.2. The number of piperidine rings is 1. The highest BCUT2D eigenvalue weighted by Crippen LogP contribution is 2.29. The van der Waals surface area contributed by atoms with Crippen molar-refractivity contribution in [3.8, 4) is 0 Å². The molecule has 0 spiro atoms. The van der Waals surface area contributed by atoms with Crippen LogP contribution in [0, 0.1) is 11.8 Å². The molecule has 8 heteroatoms. The van der Waals surface area contributed by atoms with Crippen molar-refractivity contribution < 1.29 is 19.2 Å². The molecule has 0 radical (unpaired) electrons. The third-order valence-electron chi connectivity index (χ3n) is 8.25. The van der Waals surface area contributed by atoms with Crippen LogP contribution in [0.4, 0.5) is 11.4 Å². The number of hydrogen-bond acceptors (Lipinski definition) is 4. The molecule has 5 rings (SSSR count). The number of carbonyl (C=O) groups excluding carboxylic acids is 4. The van der Waals surface area contributed by atoms with Gasteiger partial charge in [-0.25, -0.2) is 0 Å². The Morgan fingerprint density at radius 3 is 2.18 bits per heavy atom. The molecular weight excluding hydrogens is 492 g/mol. The summed E-state index contributed by atoms with van der Waals surface area (Å²) in [7, 11) is 1.82. The van der Waals surface area contributed by atoms with Crippen LogP contribution in [0.5, 0.6) is 0 Å². The summed E-state index contributed by atoms with van der Waals surface area (Å²) in [6, 6.07) is 14.7. The maximum Gasteiger partial charge on any atom is 0.253 e. The summed E-state index contributed by atoms with van der Waals surface area (Å²) in [5.74, 6) is 0.0406. The molecule has 3 aliphatic rings. The zero-order valence-corrected chi connectivity index (χ0v) is 22.7. The van der Waals surface area contributed by atoms with E-state index < -0.39 is 0 Å². The van der Waals surface area contributed by atoms with Crippen molar-refractivity contribution in [3.05, 3.63) is 59.7 Å². The molecule has 0 aromatic heterocycles. The first kappa shape index (κ1) is 26.9. The van der Waals surface area contributed by atoms with E-state index in [1.165, 1.54) is 0 Å². The molecule has 3 fully saturated rings. The summed E-state index contributed by atoms with van der Waals surface area (Å²) in [6.45, 7) is 1.27. The zero-order chi connectivity index (χ0) is 27.4. The van der Waals surface area contributed by atoms with E-state index in [4.69, 9.17) is 0 Å². The van der Waals surface area contributed by atoms with E-state index in [0.717, 1.165) is 44.1 Å². The van der Waals surface area contributed by atoms with Crippen LogP contribution in [-0.4, -0.2) is 59.6 Å². The van der Waals surface area contributed by atoms with Gasteiger partial charge in [0.15, 0.2) is 0 Å². The van der Waals surface area contributed by atoms with Gasteiger partial charge in [-0.3, -0.25) is 19.2 Å². The minimum absolute atomic E-state index is 0.0388. The van der Waals surface area contributed by atoms with Crippen molar-refractivity contribution in [2.75, 3.05) is 30.8 Å². The Balaban J connectivity index is 1.11. The SMILES string of the molecule is CN(C(=O)c1cccc(NC(=O)Cc2cccc(NC(=O)C3CCN(C(=O)C4CCCC4)CC3)c2)c1)C1CC1. The van der Waals surface area contributed by atoms with E-state index in [0.29, 0.717) is 48.9 Å². The van der Waals surface area contributed by atoms with Crippen molar-refractivity contribution in [2.24, 2.45) is 11.8 Å². The van der Waals surface area contributed by atoms with E-state index in [-0.39, 0.29) is 41.9 Å². The van der Waals surface area contributed by atoms with Crippen LogP contribution in [0.25, 0.3) is 0 Å². The maximum absolute atomic E-state index is 12.9. The summed E-state index contributed by atoms with van der Waals surface area (Å²) < 4.78 is 0. The zero-order valence-electron chi connectivity index (χ0n) is 22.7. The Morgan fingerprint density at radius 2 is 1.49 bits per heavy atom. The summed E-state index contributed by atoms with van der Waals surface area (Å²) >= 11 is 0. The lowest BCUT2D eigenvalue weighted by Gasteiger charge is -2.33. The number of anilines is 2. The molecule has 1 aliphatic heterocycles. The van der Waals surface area contributed by atoms with Gasteiger partial charge in [-0.05, 0) is 74.4 Å².